The Morgan fingerprint density at radius 1 is 1.37 bits per heavy atom. The van der Waals surface area contributed by atoms with Crippen LogP contribution in [0, 0.1) is 16.0 Å². The van der Waals surface area contributed by atoms with Crippen LogP contribution in [0.25, 0.3) is 0 Å². The minimum atomic E-state index is -0.404. The van der Waals surface area contributed by atoms with Gasteiger partial charge in [-0.2, -0.15) is 0 Å². The highest BCUT2D eigenvalue weighted by Gasteiger charge is 2.35. The molecule has 3 aliphatic rings. The van der Waals surface area contributed by atoms with E-state index in [-0.39, 0.29) is 11.4 Å². The van der Waals surface area contributed by atoms with Crippen molar-refractivity contribution in [3.8, 4) is 0 Å². The minimum absolute atomic E-state index is 0.000975. The zero-order valence-electron chi connectivity index (χ0n) is 10.7. The Balaban J connectivity index is 1.84. The molecule has 3 N–H and O–H groups in total. The number of anilines is 2. The Morgan fingerprint density at radius 2 is 2.11 bits per heavy atom. The first-order chi connectivity index (χ1) is 9.15. The number of nitrogens with zero attached hydrogens (tertiary/aromatic N) is 2. The number of piperidine rings is 3. The lowest BCUT2D eigenvalue weighted by Crippen LogP contribution is -2.53. The van der Waals surface area contributed by atoms with Crippen molar-refractivity contribution in [1.82, 2.24) is 4.90 Å². The molecule has 0 spiro atoms. The van der Waals surface area contributed by atoms with Crippen LogP contribution in [0.5, 0.6) is 0 Å². The van der Waals surface area contributed by atoms with Gasteiger partial charge in [-0.25, -0.2) is 0 Å². The van der Waals surface area contributed by atoms with Crippen LogP contribution in [0.4, 0.5) is 17.1 Å². The summed E-state index contributed by atoms with van der Waals surface area (Å²) in [6, 6.07) is 5.36. The fourth-order valence-electron chi connectivity index (χ4n) is 3.21. The monoisotopic (exact) mass is 262 g/mol. The second-order valence-electron chi connectivity index (χ2n) is 5.39. The smallest absolute Gasteiger partial charge is 0.314 e. The van der Waals surface area contributed by atoms with Gasteiger partial charge >= 0.3 is 5.69 Å². The highest BCUT2D eigenvalue weighted by molar-refractivity contribution is 5.74. The average Bonchev–Trinajstić information content (AvgIpc) is 2.39. The lowest BCUT2D eigenvalue weighted by molar-refractivity contribution is -0.383. The molecule has 0 saturated carbocycles. The summed E-state index contributed by atoms with van der Waals surface area (Å²) in [7, 11) is 0. The summed E-state index contributed by atoms with van der Waals surface area (Å²) in [5.41, 5.74) is 6.47. The normalized spacial score (nSPS) is 29.2. The molecule has 3 aliphatic heterocycles. The summed E-state index contributed by atoms with van der Waals surface area (Å²) in [5.74, 6) is 0.617. The standard InChI is InChI=1S/C13H18N4O2/c14-10-2-1-3-11(13(10)17(18)19)15-12-8-16-6-4-9(12)5-7-16/h1-3,9,12,15H,4-8,14H2. The first-order valence-electron chi connectivity index (χ1n) is 6.67. The molecule has 2 bridgehead atoms. The second-order valence-corrected chi connectivity index (χ2v) is 5.39. The van der Waals surface area contributed by atoms with Gasteiger partial charge in [-0.15, -0.1) is 0 Å². The first kappa shape index (κ1) is 12.2. The molecule has 102 valence electrons. The van der Waals surface area contributed by atoms with E-state index in [9.17, 15) is 10.1 Å². The van der Waals surface area contributed by atoms with E-state index in [1.54, 1.807) is 18.2 Å². The number of para-hydroxylation sites is 1. The van der Waals surface area contributed by atoms with Gasteiger partial charge in [-0.1, -0.05) is 6.07 Å². The Kier molecular flexibility index (Phi) is 3.02. The summed E-state index contributed by atoms with van der Waals surface area (Å²) < 4.78 is 0. The van der Waals surface area contributed by atoms with Crippen molar-refractivity contribution in [1.29, 1.82) is 0 Å². The molecule has 1 unspecified atom stereocenters. The number of fused-ring (bicyclic) bond motifs is 3. The van der Waals surface area contributed by atoms with Crippen LogP contribution in [0.3, 0.4) is 0 Å². The lowest BCUT2D eigenvalue weighted by Gasteiger charge is -2.45. The predicted molar refractivity (Wildman–Crippen MR) is 74.1 cm³/mol. The van der Waals surface area contributed by atoms with E-state index in [2.05, 4.69) is 10.2 Å². The number of rotatable bonds is 3. The number of hydrogen-bond acceptors (Lipinski definition) is 5. The van der Waals surface area contributed by atoms with Gasteiger partial charge in [0.25, 0.3) is 0 Å². The van der Waals surface area contributed by atoms with E-state index >= 15 is 0 Å². The SMILES string of the molecule is Nc1cccc(NC2CN3CCC2CC3)c1[N+](=O)[O-]. The quantitative estimate of drug-likeness (QED) is 0.492. The van der Waals surface area contributed by atoms with Crippen LogP contribution in [-0.2, 0) is 0 Å². The van der Waals surface area contributed by atoms with E-state index in [1.807, 2.05) is 0 Å². The lowest BCUT2D eigenvalue weighted by atomic mass is 9.84. The molecule has 0 aliphatic carbocycles. The fourth-order valence-corrected chi connectivity index (χ4v) is 3.21. The van der Waals surface area contributed by atoms with Crippen molar-refractivity contribution in [3.05, 3.63) is 28.3 Å². The van der Waals surface area contributed by atoms with Gasteiger partial charge in [0.2, 0.25) is 0 Å². The van der Waals surface area contributed by atoms with Crippen LogP contribution < -0.4 is 11.1 Å². The molecular formula is C13H18N4O2. The fraction of sp³-hybridized carbons (Fsp3) is 0.538. The van der Waals surface area contributed by atoms with Crippen LogP contribution >= 0.6 is 0 Å². The summed E-state index contributed by atoms with van der Waals surface area (Å²) >= 11 is 0. The molecule has 6 heteroatoms. The van der Waals surface area contributed by atoms with Gasteiger partial charge < -0.3 is 16.0 Å². The number of nitrogen functional groups attached to an aromatic ring is 1. The van der Waals surface area contributed by atoms with E-state index < -0.39 is 4.92 Å². The molecule has 3 heterocycles. The van der Waals surface area contributed by atoms with Crippen LogP contribution in [0.15, 0.2) is 18.2 Å². The van der Waals surface area contributed by atoms with Crippen molar-refractivity contribution < 1.29 is 4.92 Å². The number of nitro benzene ring substituents is 1. The van der Waals surface area contributed by atoms with E-state index in [1.165, 1.54) is 12.8 Å². The van der Waals surface area contributed by atoms with Crippen LogP contribution in [0.2, 0.25) is 0 Å². The minimum Gasteiger partial charge on any atom is -0.393 e. The summed E-state index contributed by atoms with van der Waals surface area (Å²) in [5, 5.41) is 14.5. The Morgan fingerprint density at radius 3 is 2.68 bits per heavy atom. The maximum atomic E-state index is 11.1. The molecule has 3 fully saturated rings. The van der Waals surface area contributed by atoms with Gasteiger partial charge in [0, 0.05) is 12.6 Å². The summed E-state index contributed by atoms with van der Waals surface area (Å²) in [6.45, 7) is 3.28. The third-order valence-electron chi connectivity index (χ3n) is 4.25. The number of nitrogens with two attached hydrogens (primary N) is 1. The van der Waals surface area contributed by atoms with Crippen molar-refractivity contribution in [2.24, 2.45) is 5.92 Å². The predicted octanol–water partition coefficient (Wildman–Crippen LogP) is 1.68. The molecule has 0 amide bonds. The average molecular weight is 262 g/mol. The van der Waals surface area contributed by atoms with Gasteiger partial charge in [0.15, 0.2) is 0 Å². The number of hydrogen-bond donors (Lipinski definition) is 2. The molecule has 1 aromatic carbocycles. The van der Waals surface area contributed by atoms with Crippen LogP contribution in [-0.4, -0.2) is 35.5 Å². The summed E-state index contributed by atoms with van der Waals surface area (Å²) in [4.78, 5) is 13.1. The van der Waals surface area contributed by atoms with Gasteiger partial charge in [-0.3, -0.25) is 10.1 Å². The molecule has 0 radical (unpaired) electrons. The highest BCUT2D eigenvalue weighted by Crippen LogP contribution is 2.35. The molecule has 1 aromatic rings. The Bertz CT molecular complexity index is 497. The van der Waals surface area contributed by atoms with Crippen molar-refractivity contribution >= 4 is 17.1 Å². The number of nitrogens with one attached hydrogen (secondary N) is 1. The largest absolute Gasteiger partial charge is 0.393 e. The third-order valence-corrected chi connectivity index (χ3v) is 4.25. The maximum Gasteiger partial charge on any atom is 0.314 e. The Hall–Kier alpha value is -1.82. The molecular weight excluding hydrogens is 244 g/mol. The molecule has 1 atom stereocenters. The molecule has 0 aromatic heterocycles. The number of benzene rings is 1. The molecule has 6 nitrogen and oxygen atoms in total. The second kappa shape index (κ2) is 4.70. The van der Waals surface area contributed by atoms with Crippen molar-refractivity contribution in [2.75, 3.05) is 30.7 Å². The third kappa shape index (κ3) is 2.23. The van der Waals surface area contributed by atoms with E-state index in [0.29, 0.717) is 17.6 Å². The molecule has 19 heavy (non-hydrogen) atoms. The van der Waals surface area contributed by atoms with Gasteiger partial charge in [-0.05, 0) is 44.0 Å². The number of nitro groups is 1. The van der Waals surface area contributed by atoms with Crippen molar-refractivity contribution in [3.63, 3.8) is 0 Å². The topological polar surface area (TPSA) is 84.4 Å². The first-order valence-corrected chi connectivity index (χ1v) is 6.67. The van der Waals surface area contributed by atoms with Gasteiger partial charge in [0.05, 0.1) is 4.92 Å². The van der Waals surface area contributed by atoms with E-state index in [0.717, 1.165) is 19.6 Å². The summed E-state index contributed by atoms with van der Waals surface area (Å²) in [6.07, 6.45) is 2.35. The maximum absolute atomic E-state index is 11.1. The zero-order chi connectivity index (χ0) is 13.4. The Labute approximate surface area is 111 Å². The molecule has 4 rings (SSSR count). The van der Waals surface area contributed by atoms with E-state index in [4.69, 9.17) is 5.73 Å². The van der Waals surface area contributed by atoms with Crippen LogP contribution in [0.1, 0.15) is 12.8 Å². The van der Waals surface area contributed by atoms with Gasteiger partial charge in [0.1, 0.15) is 11.4 Å². The molecule has 3 saturated heterocycles. The highest BCUT2D eigenvalue weighted by atomic mass is 16.6. The van der Waals surface area contributed by atoms with Crippen molar-refractivity contribution in [2.45, 2.75) is 18.9 Å². The zero-order valence-corrected chi connectivity index (χ0v) is 10.7.